The first-order valence-electron chi connectivity index (χ1n) is 14.2. The molecule has 3 aromatic rings. The van der Waals surface area contributed by atoms with Crippen LogP contribution in [0.15, 0.2) is 54.6 Å². The summed E-state index contributed by atoms with van der Waals surface area (Å²) in [6.07, 6.45) is 2.42. The smallest absolute Gasteiger partial charge is 0.251 e. The summed E-state index contributed by atoms with van der Waals surface area (Å²) in [5.74, 6) is -0.212. The molecule has 41 heavy (non-hydrogen) atoms. The Hall–Kier alpha value is -3.98. The minimum atomic E-state index is -0.884. The summed E-state index contributed by atoms with van der Waals surface area (Å²) in [7, 11) is 0. The summed E-state index contributed by atoms with van der Waals surface area (Å²) in [5.41, 5.74) is 3.62. The number of aromatic nitrogens is 1. The Morgan fingerprint density at radius 2 is 1.76 bits per heavy atom. The van der Waals surface area contributed by atoms with E-state index in [1.54, 1.807) is 29.7 Å². The molecule has 0 atom stereocenters. The maximum absolute atomic E-state index is 13.3. The number of hydrogen-bond acceptors (Lipinski definition) is 6. The van der Waals surface area contributed by atoms with Gasteiger partial charge in [0, 0.05) is 40.7 Å². The van der Waals surface area contributed by atoms with Gasteiger partial charge in [-0.1, -0.05) is 45.4 Å². The third-order valence-electron chi connectivity index (χ3n) is 7.90. The van der Waals surface area contributed by atoms with Gasteiger partial charge in [0.2, 0.25) is 11.8 Å². The molecule has 0 radical (unpaired) electrons. The maximum atomic E-state index is 13.3. The van der Waals surface area contributed by atoms with Gasteiger partial charge < -0.3 is 15.0 Å². The number of amides is 3. The molecule has 4 rings (SSSR count). The lowest BCUT2D eigenvalue weighted by atomic mass is 9.81. The minimum absolute atomic E-state index is 0.0800. The maximum Gasteiger partial charge on any atom is 0.251 e. The summed E-state index contributed by atoms with van der Waals surface area (Å²) in [4.78, 5) is 45.0. The van der Waals surface area contributed by atoms with Crippen molar-refractivity contribution in [2.75, 3.05) is 13.1 Å². The summed E-state index contributed by atoms with van der Waals surface area (Å²) >= 11 is 0. The zero-order chi connectivity index (χ0) is 29.6. The second kappa shape index (κ2) is 12.7. The predicted molar refractivity (Wildman–Crippen MR) is 157 cm³/mol. The third kappa shape index (κ3) is 7.21. The lowest BCUT2D eigenvalue weighted by Gasteiger charge is -2.44. The molecule has 9 nitrogen and oxygen atoms in total. The Kier molecular flexibility index (Phi) is 9.28. The van der Waals surface area contributed by atoms with Gasteiger partial charge in [0.25, 0.3) is 5.91 Å². The topological polar surface area (TPSA) is 121 Å². The molecule has 2 heterocycles. The van der Waals surface area contributed by atoms with Crippen LogP contribution >= 0.6 is 0 Å². The van der Waals surface area contributed by atoms with Crippen LogP contribution < -0.4 is 15.5 Å². The van der Waals surface area contributed by atoms with Crippen molar-refractivity contribution in [1.29, 1.82) is 0 Å². The molecular formula is C32H40N4O5. The molecule has 1 aliphatic heterocycles. The average Bonchev–Trinajstić information content (AvgIpc) is 2.96. The molecule has 0 saturated carbocycles. The predicted octanol–water partition coefficient (Wildman–Crippen LogP) is 4.94. The molecule has 9 heteroatoms. The first-order valence-corrected chi connectivity index (χ1v) is 14.2. The highest BCUT2D eigenvalue weighted by molar-refractivity contribution is 5.95. The van der Waals surface area contributed by atoms with Crippen molar-refractivity contribution in [3.63, 3.8) is 0 Å². The summed E-state index contributed by atoms with van der Waals surface area (Å²) in [6.45, 7) is 9.11. The van der Waals surface area contributed by atoms with Gasteiger partial charge in [-0.25, -0.2) is 5.48 Å². The molecule has 3 amide bonds. The molecule has 0 spiro atoms. The number of hydrogen-bond donors (Lipinski definition) is 3. The van der Waals surface area contributed by atoms with Crippen LogP contribution in [0.3, 0.4) is 0 Å². The molecule has 2 aromatic carbocycles. The Bertz CT molecular complexity index is 1390. The quantitative estimate of drug-likeness (QED) is 0.239. The van der Waals surface area contributed by atoms with Crippen LogP contribution in [0.2, 0.25) is 0 Å². The number of nitrogens with zero attached hydrogens (tertiary/aromatic N) is 2. The number of aryl methyl sites for hydroxylation is 1. The van der Waals surface area contributed by atoms with Crippen molar-refractivity contribution in [3.05, 3.63) is 71.4 Å². The van der Waals surface area contributed by atoms with E-state index in [4.69, 9.17) is 4.74 Å². The molecule has 1 aliphatic rings. The van der Waals surface area contributed by atoms with Gasteiger partial charge in [0.1, 0.15) is 12.4 Å². The Labute approximate surface area is 241 Å². The lowest BCUT2D eigenvalue weighted by molar-refractivity contribution is -0.142. The van der Waals surface area contributed by atoms with Crippen LogP contribution in [-0.2, 0) is 16.2 Å². The SMILES string of the molecule is CCCC(C)(C)C(=O)N1CCC(CC(=O)NO)(NC(=O)c2ccc(OCc3cc(C)nc4ccccc34)cc2)CC1. The fourth-order valence-electron chi connectivity index (χ4n) is 5.68. The highest BCUT2D eigenvalue weighted by atomic mass is 16.5. The minimum Gasteiger partial charge on any atom is -0.489 e. The summed E-state index contributed by atoms with van der Waals surface area (Å²) < 4.78 is 6.03. The van der Waals surface area contributed by atoms with E-state index >= 15 is 0 Å². The molecule has 0 aliphatic carbocycles. The van der Waals surface area contributed by atoms with Gasteiger partial charge in [0.15, 0.2) is 0 Å². The Morgan fingerprint density at radius 3 is 2.41 bits per heavy atom. The van der Waals surface area contributed by atoms with Gasteiger partial charge in [0.05, 0.1) is 17.5 Å². The largest absolute Gasteiger partial charge is 0.489 e. The molecule has 218 valence electrons. The highest BCUT2D eigenvalue weighted by Gasteiger charge is 2.41. The highest BCUT2D eigenvalue weighted by Crippen LogP contribution is 2.31. The number of carbonyl (C=O) groups is 3. The normalized spacial score (nSPS) is 14.9. The van der Waals surface area contributed by atoms with Gasteiger partial charge in [-0.2, -0.15) is 0 Å². The van der Waals surface area contributed by atoms with Crippen molar-refractivity contribution in [2.45, 2.75) is 71.9 Å². The van der Waals surface area contributed by atoms with E-state index in [1.165, 1.54) is 0 Å². The number of piperidine rings is 1. The third-order valence-corrected chi connectivity index (χ3v) is 7.90. The number of benzene rings is 2. The fourth-order valence-corrected chi connectivity index (χ4v) is 5.68. The molecule has 1 saturated heterocycles. The molecule has 0 bridgehead atoms. The molecule has 1 aromatic heterocycles. The summed E-state index contributed by atoms with van der Waals surface area (Å²) in [5, 5.41) is 13.3. The molecule has 0 unspecified atom stereocenters. The lowest BCUT2D eigenvalue weighted by Crippen LogP contribution is -2.58. The van der Waals surface area contributed by atoms with Gasteiger partial charge in [-0.3, -0.25) is 24.6 Å². The van der Waals surface area contributed by atoms with E-state index in [1.807, 2.05) is 56.0 Å². The zero-order valence-corrected chi connectivity index (χ0v) is 24.3. The van der Waals surface area contributed by atoms with Crippen molar-refractivity contribution >= 4 is 28.6 Å². The van der Waals surface area contributed by atoms with Gasteiger partial charge in [-0.15, -0.1) is 0 Å². The van der Waals surface area contributed by atoms with E-state index in [0.29, 0.717) is 43.9 Å². The number of fused-ring (bicyclic) bond motifs is 1. The second-order valence-electron chi connectivity index (χ2n) is 11.6. The van der Waals surface area contributed by atoms with Crippen LogP contribution in [0.1, 0.15) is 74.5 Å². The first-order chi connectivity index (χ1) is 19.6. The number of carbonyl (C=O) groups excluding carboxylic acids is 3. The number of nitrogens with one attached hydrogen (secondary N) is 2. The van der Waals surface area contributed by atoms with E-state index < -0.39 is 16.9 Å². The summed E-state index contributed by atoms with van der Waals surface area (Å²) in [6, 6.07) is 16.8. The first kappa shape index (κ1) is 30.0. The standard InChI is InChI=1S/C32H40N4O5/c1-5-14-31(3,4)30(39)36-17-15-32(16-18-36,20-28(37)35-40)34-29(38)23-10-12-25(13-11-23)41-21-24-19-22(2)33-27-9-7-6-8-26(24)27/h6-13,19,40H,5,14-18,20-21H2,1-4H3,(H,34,38)(H,35,37). The number of para-hydroxylation sites is 1. The zero-order valence-electron chi connectivity index (χ0n) is 24.3. The van der Waals surface area contributed by atoms with Crippen molar-refractivity contribution in [3.8, 4) is 5.75 Å². The number of hydroxylamine groups is 1. The fraction of sp³-hybridized carbons (Fsp3) is 0.438. The van der Waals surface area contributed by atoms with Crippen LogP contribution in [0.25, 0.3) is 10.9 Å². The average molecular weight is 561 g/mol. The second-order valence-corrected chi connectivity index (χ2v) is 11.6. The molecular weight excluding hydrogens is 520 g/mol. The van der Waals surface area contributed by atoms with E-state index in [0.717, 1.165) is 35.0 Å². The van der Waals surface area contributed by atoms with Gasteiger partial charge in [-0.05, 0) is 62.6 Å². The van der Waals surface area contributed by atoms with E-state index in [9.17, 15) is 19.6 Å². The van der Waals surface area contributed by atoms with Gasteiger partial charge >= 0.3 is 0 Å². The van der Waals surface area contributed by atoms with Crippen LogP contribution in [0.5, 0.6) is 5.75 Å². The van der Waals surface area contributed by atoms with E-state index in [-0.39, 0.29) is 18.2 Å². The Morgan fingerprint density at radius 1 is 1.07 bits per heavy atom. The monoisotopic (exact) mass is 560 g/mol. The van der Waals surface area contributed by atoms with Crippen LogP contribution in [-0.4, -0.2) is 51.4 Å². The number of pyridine rings is 1. The molecule has 3 N–H and O–H groups in total. The van der Waals surface area contributed by atoms with Crippen molar-refractivity contribution < 1.29 is 24.3 Å². The van der Waals surface area contributed by atoms with E-state index in [2.05, 4.69) is 17.2 Å². The van der Waals surface area contributed by atoms with Crippen LogP contribution in [0, 0.1) is 12.3 Å². The molecule has 1 fully saturated rings. The van der Waals surface area contributed by atoms with Crippen LogP contribution in [0.4, 0.5) is 0 Å². The van der Waals surface area contributed by atoms with Crippen molar-refractivity contribution in [1.82, 2.24) is 20.7 Å². The Balaban J connectivity index is 1.42. The number of rotatable bonds is 10. The number of ether oxygens (including phenoxy) is 1. The number of likely N-dealkylation sites (tertiary alicyclic amines) is 1. The van der Waals surface area contributed by atoms with Crippen molar-refractivity contribution in [2.24, 2.45) is 5.41 Å².